The Morgan fingerprint density at radius 2 is 1.67 bits per heavy atom. The standard InChI is InChI=1S/C21H19N3O2S/c1-16-7-10-18(11-8-16)20-15-24-14-17(9-12-21(24)23-20)13-22-27(25,26)19-5-3-2-4-6-19/h2-12,14-15,22H,13H2,1H3. The SMILES string of the molecule is Cc1ccc(-c2cn3cc(CNS(=O)(=O)c4ccccc4)ccc3n2)cc1. The lowest BCUT2D eigenvalue weighted by Crippen LogP contribution is -2.23. The summed E-state index contributed by atoms with van der Waals surface area (Å²) in [6.07, 6.45) is 3.85. The van der Waals surface area contributed by atoms with Crippen molar-refractivity contribution in [2.75, 3.05) is 0 Å². The van der Waals surface area contributed by atoms with Gasteiger partial charge in [0.05, 0.1) is 10.6 Å². The first kappa shape index (κ1) is 17.5. The molecule has 4 rings (SSSR count). The van der Waals surface area contributed by atoms with E-state index in [9.17, 15) is 8.42 Å². The molecule has 0 aliphatic carbocycles. The van der Waals surface area contributed by atoms with Crippen LogP contribution in [0.15, 0.2) is 84.0 Å². The summed E-state index contributed by atoms with van der Waals surface area (Å²) in [6, 6.07) is 20.3. The number of hydrogen-bond acceptors (Lipinski definition) is 3. The zero-order valence-corrected chi connectivity index (χ0v) is 15.6. The van der Waals surface area contributed by atoms with Gasteiger partial charge in [0.1, 0.15) is 5.65 Å². The van der Waals surface area contributed by atoms with Crippen molar-refractivity contribution < 1.29 is 8.42 Å². The van der Waals surface area contributed by atoms with Gasteiger partial charge in [-0.05, 0) is 30.7 Å². The zero-order valence-electron chi connectivity index (χ0n) is 14.8. The third-order valence-electron chi connectivity index (χ3n) is 4.38. The van der Waals surface area contributed by atoms with Crippen LogP contribution in [0.2, 0.25) is 0 Å². The monoisotopic (exact) mass is 377 g/mol. The molecule has 0 amide bonds. The predicted octanol–water partition coefficient (Wildman–Crippen LogP) is 3.79. The van der Waals surface area contributed by atoms with Gasteiger partial charge in [0.15, 0.2) is 0 Å². The minimum atomic E-state index is -3.53. The second kappa shape index (κ2) is 6.98. The molecule has 27 heavy (non-hydrogen) atoms. The Bertz CT molecular complexity index is 1180. The van der Waals surface area contributed by atoms with Gasteiger partial charge >= 0.3 is 0 Å². The van der Waals surface area contributed by atoms with Crippen LogP contribution in [-0.4, -0.2) is 17.8 Å². The molecule has 0 saturated heterocycles. The number of rotatable bonds is 5. The molecule has 2 heterocycles. The van der Waals surface area contributed by atoms with Crippen LogP contribution >= 0.6 is 0 Å². The number of pyridine rings is 1. The molecule has 0 bridgehead atoms. The Kier molecular flexibility index (Phi) is 4.51. The van der Waals surface area contributed by atoms with Gasteiger partial charge in [-0.1, -0.05) is 54.1 Å². The van der Waals surface area contributed by atoms with E-state index in [1.165, 1.54) is 5.56 Å². The lowest BCUT2D eigenvalue weighted by atomic mass is 10.1. The van der Waals surface area contributed by atoms with Crippen molar-refractivity contribution in [3.05, 3.63) is 90.3 Å². The van der Waals surface area contributed by atoms with Crippen molar-refractivity contribution in [3.63, 3.8) is 0 Å². The topological polar surface area (TPSA) is 63.5 Å². The molecule has 0 aliphatic heterocycles. The second-order valence-electron chi connectivity index (χ2n) is 6.43. The largest absolute Gasteiger partial charge is 0.306 e. The van der Waals surface area contributed by atoms with E-state index in [4.69, 9.17) is 0 Å². The molecule has 0 saturated carbocycles. The van der Waals surface area contributed by atoms with Gasteiger partial charge < -0.3 is 4.40 Å². The molecule has 4 aromatic rings. The first-order valence-corrected chi connectivity index (χ1v) is 10.1. The van der Waals surface area contributed by atoms with E-state index in [0.29, 0.717) is 0 Å². The van der Waals surface area contributed by atoms with E-state index in [1.807, 2.05) is 41.1 Å². The van der Waals surface area contributed by atoms with Gasteiger partial charge in [0.25, 0.3) is 0 Å². The number of aromatic nitrogens is 2. The van der Waals surface area contributed by atoms with Crippen LogP contribution in [0.3, 0.4) is 0 Å². The average Bonchev–Trinajstić information content (AvgIpc) is 3.11. The summed E-state index contributed by atoms with van der Waals surface area (Å²) in [4.78, 5) is 4.89. The molecule has 136 valence electrons. The molecule has 0 atom stereocenters. The van der Waals surface area contributed by atoms with Crippen LogP contribution in [0.25, 0.3) is 16.9 Å². The summed E-state index contributed by atoms with van der Waals surface area (Å²) in [7, 11) is -3.53. The highest BCUT2D eigenvalue weighted by Crippen LogP contribution is 2.20. The van der Waals surface area contributed by atoms with Crippen molar-refractivity contribution in [1.82, 2.24) is 14.1 Å². The first-order chi connectivity index (χ1) is 13.0. The fourth-order valence-electron chi connectivity index (χ4n) is 2.87. The van der Waals surface area contributed by atoms with Crippen molar-refractivity contribution in [2.24, 2.45) is 0 Å². The Labute approximate surface area is 158 Å². The van der Waals surface area contributed by atoms with E-state index in [0.717, 1.165) is 22.5 Å². The van der Waals surface area contributed by atoms with E-state index < -0.39 is 10.0 Å². The van der Waals surface area contributed by atoms with Crippen LogP contribution in [0.1, 0.15) is 11.1 Å². The summed E-state index contributed by atoms with van der Waals surface area (Å²) >= 11 is 0. The van der Waals surface area contributed by atoms with Gasteiger partial charge in [-0.15, -0.1) is 0 Å². The van der Waals surface area contributed by atoms with Gasteiger partial charge in [-0.3, -0.25) is 0 Å². The molecule has 0 fully saturated rings. The van der Waals surface area contributed by atoms with Crippen LogP contribution in [0.5, 0.6) is 0 Å². The molecular weight excluding hydrogens is 358 g/mol. The summed E-state index contributed by atoms with van der Waals surface area (Å²) in [5, 5.41) is 0. The summed E-state index contributed by atoms with van der Waals surface area (Å²) in [5.41, 5.74) is 4.82. The second-order valence-corrected chi connectivity index (χ2v) is 8.20. The smallest absolute Gasteiger partial charge is 0.240 e. The minimum absolute atomic E-state index is 0.214. The normalized spacial score (nSPS) is 11.7. The molecule has 5 nitrogen and oxygen atoms in total. The summed E-state index contributed by atoms with van der Waals surface area (Å²) in [6.45, 7) is 2.27. The highest BCUT2D eigenvalue weighted by atomic mass is 32.2. The summed E-state index contributed by atoms with van der Waals surface area (Å²) in [5.74, 6) is 0. The van der Waals surface area contributed by atoms with Crippen molar-refractivity contribution in [3.8, 4) is 11.3 Å². The predicted molar refractivity (Wildman–Crippen MR) is 106 cm³/mol. The highest BCUT2D eigenvalue weighted by Gasteiger charge is 2.13. The zero-order chi connectivity index (χ0) is 18.9. The number of nitrogens with one attached hydrogen (secondary N) is 1. The van der Waals surface area contributed by atoms with Crippen LogP contribution in [0.4, 0.5) is 0 Å². The molecule has 0 radical (unpaired) electrons. The Morgan fingerprint density at radius 1 is 0.926 bits per heavy atom. The molecule has 0 unspecified atom stereocenters. The van der Waals surface area contributed by atoms with E-state index in [2.05, 4.69) is 28.8 Å². The van der Waals surface area contributed by atoms with Crippen LogP contribution in [0, 0.1) is 6.92 Å². The van der Waals surface area contributed by atoms with E-state index in [1.54, 1.807) is 30.3 Å². The molecule has 0 aliphatic rings. The number of benzene rings is 2. The van der Waals surface area contributed by atoms with E-state index >= 15 is 0 Å². The highest BCUT2D eigenvalue weighted by molar-refractivity contribution is 7.89. The molecule has 2 aromatic carbocycles. The number of nitrogens with zero attached hydrogens (tertiary/aromatic N) is 2. The number of hydrogen-bond donors (Lipinski definition) is 1. The fraction of sp³-hybridized carbons (Fsp3) is 0.0952. The maximum absolute atomic E-state index is 12.4. The first-order valence-electron chi connectivity index (χ1n) is 8.61. The molecule has 1 N–H and O–H groups in total. The molecule has 6 heteroatoms. The molecule has 0 spiro atoms. The number of aryl methyl sites for hydroxylation is 1. The minimum Gasteiger partial charge on any atom is -0.306 e. The van der Waals surface area contributed by atoms with Crippen molar-refractivity contribution in [1.29, 1.82) is 0 Å². The van der Waals surface area contributed by atoms with Crippen molar-refractivity contribution in [2.45, 2.75) is 18.4 Å². The van der Waals surface area contributed by atoms with Crippen LogP contribution < -0.4 is 4.72 Å². The maximum atomic E-state index is 12.4. The number of fused-ring (bicyclic) bond motifs is 1. The lowest BCUT2D eigenvalue weighted by molar-refractivity contribution is 0.581. The van der Waals surface area contributed by atoms with Gasteiger partial charge in [-0.25, -0.2) is 18.1 Å². The van der Waals surface area contributed by atoms with Gasteiger partial charge in [-0.2, -0.15) is 0 Å². The number of imidazole rings is 1. The Morgan fingerprint density at radius 3 is 2.41 bits per heavy atom. The summed E-state index contributed by atoms with van der Waals surface area (Å²) < 4.78 is 29.3. The maximum Gasteiger partial charge on any atom is 0.240 e. The van der Waals surface area contributed by atoms with Crippen LogP contribution in [-0.2, 0) is 16.6 Å². The fourth-order valence-corrected chi connectivity index (χ4v) is 3.91. The average molecular weight is 377 g/mol. The quantitative estimate of drug-likeness (QED) is 0.576. The van der Waals surface area contributed by atoms with Gasteiger partial charge in [0, 0.05) is 24.5 Å². The third kappa shape index (κ3) is 3.77. The lowest BCUT2D eigenvalue weighted by Gasteiger charge is -2.07. The Balaban J connectivity index is 1.56. The molecular formula is C21H19N3O2S. The third-order valence-corrected chi connectivity index (χ3v) is 5.80. The molecule has 2 aromatic heterocycles. The van der Waals surface area contributed by atoms with Crippen molar-refractivity contribution >= 4 is 15.7 Å². The van der Waals surface area contributed by atoms with E-state index in [-0.39, 0.29) is 11.4 Å². The van der Waals surface area contributed by atoms with Gasteiger partial charge in [0.2, 0.25) is 10.0 Å². The number of sulfonamides is 1. The Hall–Kier alpha value is -2.96.